The maximum Gasteiger partial charge on any atom is 0.328 e. The van der Waals surface area contributed by atoms with Crippen molar-refractivity contribution in [3.8, 4) is 0 Å². The number of nitrogens with one attached hydrogen (secondary N) is 4. The summed E-state index contributed by atoms with van der Waals surface area (Å²) >= 11 is 0. The summed E-state index contributed by atoms with van der Waals surface area (Å²) in [6, 6.07) is 0.930. The summed E-state index contributed by atoms with van der Waals surface area (Å²) < 4.78 is 6.65. The number of ether oxygens (including phenoxy) is 1. The third-order valence-corrected chi connectivity index (χ3v) is 14.0. The van der Waals surface area contributed by atoms with Gasteiger partial charge < -0.3 is 91.6 Å². The Morgan fingerprint density at radius 1 is 0.690 bits per heavy atom. The van der Waals surface area contributed by atoms with Gasteiger partial charge in [0, 0.05) is 59.4 Å². The highest BCUT2D eigenvalue weighted by Gasteiger charge is 2.44. The van der Waals surface area contributed by atoms with Crippen molar-refractivity contribution in [2.75, 3.05) is 33.9 Å². The molecule has 29 nitrogen and oxygen atoms in total. The number of carboxylic acids is 1. The number of aromatic nitrogens is 2. The third-order valence-electron chi connectivity index (χ3n) is 14.0. The van der Waals surface area contributed by atoms with Gasteiger partial charge in [-0.25, -0.2) is 9.78 Å². The van der Waals surface area contributed by atoms with Crippen molar-refractivity contribution in [1.82, 2.24) is 35.7 Å². The van der Waals surface area contributed by atoms with Crippen LogP contribution in [0, 0.1) is 23.7 Å². The molecule has 0 radical (unpaired) electrons. The minimum absolute atomic E-state index is 0.0316. The fourth-order valence-electron chi connectivity index (χ4n) is 9.01. The lowest BCUT2D eigenvalue weighted by Crippen LogP contribution is -2.58. The lowest BCUT2D eigenvalue weighted by molar-refractivity contribution is -0.156. The Morgan fingerprint density at radius 3 is 1.69 bits per heavy atom. The predicted octanol–water partition coefficient (Wildman–Crippen LogP) is -4.72. The number of carbonyl (C=O) groups excluding carboxylic acids is 9. The number of hydrogen-bond acceptors (Lipinski definition) is 22. The first kappa shape index (κ1) is 73.6. The molecule has 15 N–H and O–H groups in total. The maximum atomic E-state index is 14.1. The molecule has 1 aromatic carbocycles. The zero-order chi connectivity index (χ0) is 64.3. The molecule has 0 saturated carbocycles. The minimum atomic E-state index is -2.40. The van der Waals surface area contributed by atoms with Crippen molar-refractivity contribution in [2.24, 2.45) is 30.7 Å². The van der Waals surface area contributed by atoms with E-state index < -0.39 is 200 Å². The van der Waals surface area contributed by atoms with E-state index in [1.807, 2.05) is 0 Å². The molecular weight excluding hydrogens is 1110 g/mol. The molecule has 14 unspecified atom stereocenters. The summed E-state index contributed by atoms with van der Waals surface area (Å²) in [5, 5.41) is 125. The van der Waals surface area contributed by atoms with Crippen LogP contribution in [0.25, 0.3) is 0 Å². The van der Waals surface area contributed by atoms with Gasteiger partial charge in [0.2, 0.25) is 23.6 Å². The van der Waals surface area contributed by atoms with E-state index in [4.69, 9.17) is 4.74 Å². The Bertz CT molecular complexity index is 2550. The van der Waals surface area contributed by atoms with E-state index in [0.717, 1.165) is 53.7 Å². The van der Waals surface area contributed by atoms with Crippen LogP contribution in [-0.4, -0.2) is 235 Å². The first-order valence-corrected chi connectivity index (χ1v) is 27.0. The van der Waals surface area contributed by atoms with Gasteiger partial charge >= 0.3 is 5.97 Å². The van der Waals surface area contributed by atoms with Gasteiger partial charge in [0.05, 0.1) is 66.6 Å². The molecule has 0 spiro atoms. The number of likely N-dealkylation sites (N-methyl/N-ethyl adjacent to an activating group) is 1. The van der Waals surface area contributed by atoms with Crippen molar-refractivity contribution in [1.29, 1.82) is 0 Å². The van der Waals surface area contributed by atoms with Gasteiger partial charge in [0.25, 0.3) is 5.91 Å². The van der Waals surface area contributed by atoms with Crippen molar-refractivity contribution >= 4 is 58.6 Å². The van der Waals surface area contributed by atoms with Crippen LogP contribution in [0.5, 0.6) is 0 Å². The first-order chi connectivity index (χ1) is 38.9. The number of carbonyl (C=O) groups is 10. The summed E-state index contributed by atoms with van der Waals surface area (Å²) in [4.78, 5) is 139. The molecule has 29 heteroatoms. The Balaban J connectivity index is 2.33. The summed E-state index contributed by atoms with van der Waals surface area (Å²) in [5.74, 6) is -16.2. The minimum Gasteiger partial charge on any atom is -0.480 e. The van der Waals surface area contributed by atoms with E-state index in [1.165, 1.54) is 24.1 Å². The number of imidazole rings is 1. The summed E-state index contributed by atoms with van der Waals surface area (Å²) in [6.45, 7) is 6.29. The van der Waals surface area contributed by atoms with Crippen LogP contribution in [0.3, 0.4) is 0 Å². The molecule has 472 valence electrons. The van der Waals surface area contributed by atoms with E-state index >= 15 is 0 Å². The second kappa shape index (κ2) is 33.3. The number of ketones is 4. The van der Waals surface area contributed by atoms with E-state index in [-0.39, 0.29) is 24.5 Å². The highest BCUT2D eigenvalue weighted by atomic mass is 16.5. The molecule has 2 rings (SSSR count). The molecule has 0 aliphatic heterocycles. The second-order valence-corrected chi connectivity index (χ2v) is 22.5. The van der Waals surface area contributed by atoms with Gasteiger partial charge in [-0.3, -0.25) is 43.2 Å². The number of aliphatic hydroxyl groups is 10. The van der Waals surface area contributed by atoms with Crippen LogP contribution in [0.15, 0.2) is 42.9 Å². The summed E-state index contributed by atoms with van der Waals surface area (Å²) in [5.41, 5.74) is -3.70. The Hall–Kier alpha value is -6.51. The Kier molecular flexibility index (Phi) is 29.1. The fourth-order valence-corrected chi connectivity index (χ4v) is 9.01. The SMILES string of the molecule is COC(CNC(=O)C(CC(=O)C(O)C(C)O)C(O)c1cncn1C)C(O)C(O)C(=O)N(C)C(Cc1ccccc1)C(=O)CC(O)C(=O)NC(C(=O)CC(CO)C(=O)NC(C(=O)CC(CC(C)C)C(=O)NC(CO)C(=O)O)C(C)(C)O)C(C)(C)O. The number of hydrogen-bond donors (Lipinski definition) is 15. The van der Waals surface area contributed by atoms with Crippen molar-refractivity contribution in [3.05, 3.63) is 54.1 Å². The molecule has 0 saturated heterocycles. The molecule has 2 aromatic rings. The smallest absolute Gasteiger partial charge is 0.328 e. The zero-order valence-corrected chi connectivity index (χ0v) is 48.8. The number of aliphatic carboxylic acids is 1. The van der Waals surface area contributed by atoms with Crippen molar-refractivity contribution in [3.63, 3.8) is 0 Å². The lowest BCUT2D eigenvalue weighted by atomic mass is 9.85. The van der Waals surface area contributed by atoms with Gasteiger partial charge in [0.15, 0.2) is 29.2 Å². The Labute approximate surface area is 485 Å². The van der Waals surface area contributed by atoms with Crippen LogP contribution < -0.4 is 21.3 Å². The van der Waals surface area contributed by atoms with Crippen LogP contribution in [-0.2, 0) is 66.2 Å². The van der Waals surface area contributed by atoms with Crippen LogP contribution in [0.1, 0.15) is 97.9 Å². The zero-order valence-electron chi connectivity index (χ0n) is 48.8. The molecule has 0 aliphatic rings. The number of methoxy groups -OCH3 is 1. The van der Waals surface area contributed by atoms with Crippen LogP contribution in [0.2, 0.25) is 0 Å². The molecule has 0 aliphatic carbocycles. The van der Waals surface area contributed by atoms with Gasteiger partial charge in [-0.2, -0.15) is 0 Å². The molecule has 0 fully saturated rings. The molecule has 84 heavy (non-hydrogen) atoms. The molecule has 0 bridgehead atoms. The molecule has 5 amide bonds. The number of rotatable bonds is 38. The van der Waals surface area contributed by atoms with Crippen molar-refractivity contribution in [2.45, 2.75) is 165 Å². The average Bonchev–Trinajstić information content (AvgIpc) is 4.00. The number of benzene rings is 1. The van der Waals surface area contributed by atoms with E-state index in [0.29, 0.717) is 5.56 Å². The van der Waals surface area contributed by atoms with Gasteiger partial charge in [-0.05, 0) is 58.9 Å². The molecule has 1 heterocycles. The van der Waals surface area contributed by atoms with Crippen LogP contribution >= 0.6 is 0 Å². The highest BCUT2D eigenvalue weighted by Crippen LogP contribution is 2.27. The monoisotopic (exact) mass is 1200 g/mol. The standard InChI is InChI=1S/C55H85N7O22/c1-27(2)16-30(48(75)58-33(25-64)53(80)81)18-38(68)46(54(4,5)82)59-49(76)31(24-63)19-39(69)47(55(6,7)83)60-51(78)40(70)21-36(66)34(17-29-14-12-11-13-15-29)62(9)52(79)45(74)44(73)41(84-10)23-57-50(77)32(20-37(67)42(71)28(3)65)43(72)35-22-56-26-61(35)8/h11-15,22,26-28,30-34,40-47,63-65,70-74,82-83H,16-21,23-25H2,1-10H3,(H,57,77)(H,58,75)(H,59,76)(H,60,78)(H,80,81). The quantitative estimate of drug-likeness (QED) is 0.0300. The third kappa shape index (κ3) is 21.8. The fraction of sp³-hybridized carbons (Fsp3) is 0.655. The first-order valence-electron chi connectivity index (χ1n) is 27.0. The number of nitrogens with zero attached hydrogens (tertiary/aromatic N) is 3. The molecule has 14 atom stereocenters. The van der Waals surface area contributed by atoms with E-state index in [9.17, 15) is 104 Å². The summed E-state index contributed by atoms with van der Waals surface area (Å²) in [6.07, 6.45) is -14.8. The topological polar surface area (TPSA) is 472 Å². The second-order valence-electron chi connectivity index (χ2n) is 22.5. The molecular formula is C55H85N7O22. The lowest BCUT2D eigenvalue weighted by Gasteiger charge is -2.33. The predicted molar refractivity (Wildman–Crippen MR) is 293 cm³/mol. The van der Waals surface area contributed by atoms with Gasteiger partial charge in [-0.1, -0.05) is 44.2 Å². The number of aliphatic hydroxyl groups excluding tert-OH is 8. The van der Waals surface area contributed by atoms with E-state index in [1.54, 1.807) is 44.2 Å². The van der Waals surface area contributed by atoms with Crippen LogP contribution in [0.4, 0.5) is 0 Å². The maximum absolute atomic E-state index is 14.1. The van der Waals surface area contributed by atoms with Crippen molar-refractivity contribution < 1.29 is 109 Å². The average molecular weight is 1200 g/mol. The van der Waals surface area contributed by atoms with E-state index in [2.05, 4.69) is 26.3 Å². The number of aryl methyl sites for hydroxylation is 1. The Morgan fingerprint density at radius 2 is 1.23 bits per heavy atom. The summed E-state index contributed by atoms with van der Waals surface area (Å²) in [7, 11) is 3.62. The number of amides is 5. The van der Waals surface area contributed by atoms with Gasteiger partial charge in [0.1, 0.15) is 48.6 Å². The number of carboxylic acid groups (broad SMARTS) is 1. The largest absolute Gasteiger partial charge is 0.480 e. The van der Waals surface area contributed by atoms with Gasteiger partial charge in [-0.15, -0.1) is 0 Å². The molecule has 1 aromatic heterocycles. The normalized spacial score (nSPS) is 17.0. The highest BCUT2D eigenvalue weighted by molar-refractivity contribution is 5.98. The number of Topliss-reactive ketones (excluding diaryl/α,β-unsaturated/α-hetero) is 4.